The van der Waals surface area contributed by atoms with E-state index in [4.69, 9.17) is 0 Å². The Morgan fingerprint density at radius 1 is 1.15 bits per heavy atom. The standard InChI is InChI=1S/C15H19F4N/c1-10(11-5-7-13(16)8-6-11)20-14-4-2-3-12(9-14)15(17,18)19/h5-8,10,12,14,20H,2-4,9H2,1H3. The number of rotatable bonds is 3. The topological polar surface area (TPSA) is 12.0 Å². The smallest absolute Gasteiger partial charge is 0.307 e. The first kappa shape index (κ1) is 15.3. The first-order chi connectivity index (χ1) is 9.36. The van der Waals surface area contributed by atoms with E-state index in [1.807, 2.05) is 6.92 Å². The van der Waals surface area contributed by atoms with E-state index in [1.54, 1.807) is 12.1 Å². The van der Waals surface area contributed by atoms with Gasteiger partial charge in [0.25, 0.3) is 0 Å². The zero-order valence-corrected chi connectivity index (χ0v) is 11.4. The van der Waals surface area contributed by atoms with Crippen LogP contribution in [0.15, 0.2) is 24.3 Å². The summed E-state index contributed by atoms with van der Waals surface area (Å²) < 4.78 is 51.1. The van der Waals surface area contributed by atoms with Crippen molar-refractivity contribution in [3.05, 3.63) is 35.6 Å². The Morgan fingerprint density at radius 3 is 2.40 bits per heavy atom. The minimum atomic E-state index is -4.10. The summed E-state index contributed by atoms with van der Waals surface area (Å²) in [6.07, 6.45) is -2.38. The lowest BCUT2D eigenvalue weighted by Crippen LogP contribution is -2.39. The molecule has 112 valence electrons. The molecule has 0 bridgehead atoms. The fourth-order valence-corrected chi connectivity index (χ4v) is 2.84. The molecule has 1 fully saturated rings. The third kappa shape index (κ3) is 3.95. The third-order valence-electron chi connectivity index (χ3n) is 3.99. The van der Waals surface area contributed by atoms with Crippen molar-refractivity contribution in [3.63, 3.8) is 0 Å². The Bertz CT molecular complexity index is 426. The van der Waals surface area contributed by atoms with Gasteiger partial charge in [-0.1, -0.05) is 18.6 Å². The molecule has 1 aliphatic rings. The molecule has 1 aromatic rings. The van der Waals surface area contributed by atoms with Gasteiger partial charge < -0.3 is 5.32 Å². The first-order valence-corrected chi connectivity index (χ1v) is 6.94. The van der Waals surface area contributed by atoms with E-state index in [2.05, 4.69) is 5.32 Å². The summed E-state index contributed by atoms with van der Waals surface area (Å²) >= 11 is 0. The highest BCUT2D eigenvalue weighted by Crippen LogP contribution is 2.38. The molecule has 3 unspecified atom stereocenters. The second-order valence-electron chi connectivity index (χ2n) is 5.54. The van der Waals surface area contributed by atoms with E-state index in [-0.39, 0.29) is 30.7 Å². The molecule has 3 atom stereocenters. The lowest BCUT2D eigenvalue weighted by molar-refractivity contribution is -0.183. The first-order valence-electron chi connectivity index (χ1n) is 6.94. The number of halogens is 4. The Labute approximate surface area is 116 Å². The minimum Gasteiger partial charge on any atom is -0.307 e. The van der Waals surface area contributed by atoms with Crippen LogP contribution in [0.2, 0.25) is 0 Å². The van der Waals surface area contributed by atoms with Crippen LogP contribution < -0.4 is 5.32 Å². The van der Waals surface area contributed by atoms with E-state index in [1.165, 1.54) is 12.1 Å². The van der Waals surface area contributed by atoms with Crippen LogP contribution in [0.4, 0.5) is 17.6 Å². The molecule has 1 N–H and O–H groups in total. The summed E-state index contributed by atoms with van der Waals surface area (Å²) in [6, 6.07) is 5.86. The Hall–Kier alpha value is -1.10. The number of hydrogen-bond acceptors (Lipinski definition) is 1. The van der Waals surface area contributed by atoms with Crippen molar-refractivity contribution in [1.29, 1.82) is 0 Å². The molecular formula is C15H19F4N. The average Bonchev–Trinajstić information content (AvgIpc) is 2.38. The number of hydrogen-bond donors (Lipinski definition) is 1. The minimum absolute atomic E-state index is 0.0763. The molecule has 0 aliphatic heterocycles. The van der Waals surface area contributed by atoms with E-state index in [0.29, 0.717) is 6.42 Å². The second kappa shape index (κ2) is 6.12. The van der Waals surface area contributed by atoms with Gasteiger partial charge in [0.2, 0.25) is 0 Å². The van der Waals surface area contributed by atoms with Gasteiger partial charge in [0.1, 0.15) is 5.82 Å². The molecule has 0 aromatic heterocycles. The maximum atomic E-state index is 12.8. The summed E-state index contributed by atoms with van der Waals surface area (Å²) in [5.74, 6) is -1.51. The van der Waals surface area contributed by atoms with Crippen molar-refractivity contribution in [3.8, 4) is 0 Å². The molecule has 0 radical (unpaired) electrons. The van der Waals surface area contributed by atoms with Gasteiger partial charge >= 0.3 is 6.18 Å². The van der Waals surface area contributed by atoms with Crippen molar-refractivity contribution in [2.24, 2.45) is 5.92 Å². The predicted molar refractivity (Wildman–Crippen MR) is 69.8 cm³/mol. The van der Waals surface area contributed by atoms with Crippen LogP contribution in [0.25, 0.3) is 0 Å². The molecule has 0 amide bonds. The SMILES string of the molecule is CC(NC1CCCC(C(F)(F)F)C1)c1ccc(F)cc1. The van der Waals surface area contributed by atoms with E-state index in [9.17, 15) is 17.6 Å². The monoisotopic (exact) mass is 289 g/mol. The van der Waals surface area contributed by atoms with E-state index in [0.717, 1.165) is 12.0 Å². The molecule has 0 heterocycles. The van der Waals surface area contributed by atoms with Gasteiger partial charge in [-0.15, -0.1) is 0 Å². The van der Waals surface area contributed by atoms with Crippen molar-refractivity contribution in [1.82, 2.24) is 5.32 Å². The second-order valence-corrected chi connectivity index (χ2v) is 5.54. The molecular weight excluding hydrogens is 270 g/mol. The van der Waals surface area contributed by atoms with Gasteiger partial charge in [0, 0.05) is 12.1 Å². The van der Waals surface area contributed by atoms with Crippen molar-refractivity contribution >= 4 is 0 Å². The Balaban J connectivity index is 1.94. The van der Waals surface area contributed by atoms with Crippen LogP contribution in [-0.2, 0) is 0 Å². The highest BCUT2D eigenvalue weighted by molar-refractivity contribution is 5.19. The molecule has 1 aromatic carbocycles. The van der Waals surface area contributed by atoms with Gasteiger partial charge in [-0.05, 0) is 43.9 Å². The molecule has 2 rings (SSSR count). The maximum Gasteiger partial charge on any atom is 0.391 e. The number of alkyl halides is 3. The number of nitrogens with one attached hydrogen (secondary N) is 1. The van der Waals surface area contributed by atoms with Gasteiger partial charge in [-0.2, -0.15) is 13.2 Å². The van der Waals surface area contributed by atoms with Crippen LogP contribution in [0.3, 0.4) is 0 Å². The zero-order valence-electron chi connectivity index (χ0n) is 11.4. The lowest BCUT2D eigenvalue weighted by atomic mass is 9.85. The fourth-order valence-electron chi connectivity index (χ4n) is 2.84. The van der Waals surface area contributed by atoms with Crippen LogP contribution in [0, 0.1) is 11.7 Å². The third-order valence-corrected chi connectivity index (χ3v) is 3.99. The van der Waals surface area contributed by atoms with Crippen molar-refractivity contribution in [2.45, 2.75) is 50.9 Å². The van der Waals surface area contributed by atoms with Crippen LogP contribution >= 0.6 is 0 Å². The highest BCUT2D eigenvalue weighted by Gasteiger charge is 2.42. The van der Waals surface area contributed by atoms with Gasteiger partial charge in [-0.25, -0.2) is 4.39 Å². The predicted octanol–water partition coefficient (Wildman–Crippen LogP) is 4.60. The molecule has 0 saturated heterocycles. The van der Waals surface area contributed by atoms with Gasteiger partial charge in [-0.3, -0.25) is 0 Å². The van der Waals surface area contributed by atoms with Crippen molar-refractivity contribution in [2.75, 3.05) is 0 Å². The van der Waals surface area contributed by atoms with Crippen LogP contribution in [-0.4, -0.2) is 12.2 Å². The molecule has 0 spiro atoms. The average molecular weight is 289 g/mol. The lowest BCUT2D eigenvalue weighted by Gasteiger charge is -2.33. The summed E-state index contributed by atoms with van der Waals surface area (Å²) in [5.41, 5.74) is 0.889. The summed E-state index contributed by atoms with van der Waals surface area (Å²) in [7, 11) is 0. The molecule has 20 heavy (non-hydrogen) atoms. The van der Waals surface area contributed by atoms with E-state index >= 15 is 0 Å². The van der Waals surface area contributed by atoms with Gasteiger partial charge in [0.05, 0.1) is 5.92 Å². The normalized spacial score (nSPS) is 25.4. The fraction of sp³-hybridized carbons (Fsp3) is 0.600. The summed E-state index contributed by atoms with van der Waals surface area (Å²) in [5, 5.41) is 3.23. The largest absolute Gasteiger partial charge is 0.391 e. The quantitative estimate of drug-likeness (QED) is 0.802. The van der Waals surface area contributed by atoms with Gasteiger partial charge in [0.15, 0.2) is 0 Å². The van der Waals surface area contributed by atoms with Crippen molar-refractivity contribution < 1.29 is 17.6 Å². The molecule has 1 saturated carbocycles. The maximum absolute atomic E-state index is 12.8. The summed E-state index contributed by atoms with van der Waals surface area (Å²) in [4.78, 5) is 0. The van der Waals surface area contributed by atoms with E-state index < -0.39 is 12.1 Å². The zero-order chi connectivity index (χ0) is 14.8. The molecule has 5 heteroatoms. The Morgan fingerprint density at radius 2 is 1.80 bits per heavy atom. The number of benzene rings is 1. The Kier molecular flexibility index (Phi) is 4.68. The molecule has 1 nitrogen and oxygen atoms in total. The van der Waals surface area contributed by atoms with Crippen LogP contribution in [0.5, 0.6) is 0 Å². The highest BCUT2D eigenvalue weighted by atomic mass is 19.4. The molecule has 1 aliphatic carbocycles. The van der Waals surface area contributed by atoms with Crippen LogP contribution in [0.1, 0.15) is 44.2 Å². The summed E-state index contributed by atoms with van der Waals surface area (Å²) in [6.45, 7) is 1.89.